The molecule has 238 valence electrons. The molecule has 11 heteroatoms. The van der Waals surface area contributed by atoms with Gasteiger partial charge in [0.15, 0.2) is 11.5 Å². The third kappa shape index (κ3) is 6.54. The number of carboxylic acid groups (broad SMARTS) is 1. The first kappa shape index (κ1) is 31.4. The van der Waals surface area contributed by atoms with Gasteiger partial charge in [0.1, 0.15) is 23.1 Å². The summed E-state index contributed by atoms with van der Waals surface area (Å²) in [5.74, 6) is -1.16. The highest BCUT2D eigenvalue weighted by Gasteiger charge is 2.16. The SMILES string of the molecule is COc1cc2c(-c3cccc(Nc4cc(C#N)nc5c(F)cccc45)c3)ccnc2cc1OCCCNC(=O)c1ccccc1C(=O)O. The summed E-state index contributed by atoms with van der Waals surface area (Å²) >= 11 is 0. The first-order chi connectivity index (χ1) is 23.4. The van der Waals surface area contributed by atoms with Gasteiger partial charge in [0, 0.05) is 35.3 Å². The number of aromatic nitrogens is 2. The number of benzene rings is 4. The number of carboxylic acids is 1. The van der Waals surface area contributed by atoms with E-state index >= 15 is 0 Å². The van der Waals surface area contributed by atoms with Gasteiger partial charge in [0.25, 0.3) is 5.91 Å². The van der Waals surface area contributed by atoms with Crippen LogP contribution in [0, 0.1) is 17.1 Å². The number of halogens is 1. The summed E-state index contributed by atoms with van der Waals surface area (Å²) in [6.07, 6.45) is 2.17. The van der Waals surface area contributed by atoms with Gasteiger partial charge >= 0.3 is 5.97 Å². The molecule has 2 aromatic heterocycles. The van der Waals surface area contributed by atoms with Crippen LogP contribution in [0.1, 0.15) is 32.8 Å². The molecule has 48 heavy (non-hydrogen) atoms. The number of anilines is 2. The molecule has 6 rings (SSSR count). The van der Waals surface area contributed by atoms with Crippen molar-refractivity contribution in [2.24, 2.45) is 0 Å². The lowest BCUT2D eigenvalue weighted by atomic mass is 10.00. The largest absolute Gasteiger partial charge is 0.493 e. The molecule has 0 fully saturated rings. The minimum absolute atomic E-state index is 0.0600. The fourth-order valence-electron chi connectivity index (χ4n) is 5.39. The molecule has 0 aliphatic carbocycles. The number of ether oxygens (including phenoxy) is 2. The first-order valence-corrected chi connectivity index (χ1v) is 14.9. The number of para-hydroxylation sites is 1. The van der Waals surface area contributed by atoms with Crippen LogP contribution < -0.4 is 20.1 Å². The van der Waals surface area contributed by atoms with Gasteiger partial charge in [0.05, 0.1) is 36.0 Å². The fraction of sp³-hybridized carbons (Fsp3) is 0.108. The monoisotopic (exact) mass is 641 g/mol. The van der Waals surface area contributed by atoms with Crippen molar-refractivity contribution in [2.75, 3.05) is 25.6 Å². The molecule has 3 N–H and O–H groups in total. The summed E-state index contributed by atoms with van der Waals surface area (Å²) in [7, 11) is 1.55. The van der Waals surface area contributed by atoms with Crippen LogP contribution in [0.25, 0.3) is 32.9 Å². The maximum atomic E-state index is 14.5. The summed E-state index contributed by atoms with van der Waals surface area (Å²) in [5.41, 5.74) is 3.98. The normalized spacial score (nSPS) is 10.8. The molecule has 0 saturated carbocycles. The fourth-order valence-corrected chi connectivity index (χ4v) is 5.39. The molecule has 0 saturated heterocycles. The topological polar surface area (TPSA) is 146 Å². The van der Waals surface area contributed by atoms with E-state index < -0.39 is 17.7 Å². The zero-order chi connectivity index (χ0) is 33.6. The smallest absolute Gasteiger partial charge is 0.336 e. The second-order valence-electron chi connectivity index (χ2n) is 10.7. The Kier molecular flexibility index (Phi) is 9.07. The highest BCUT2D eigenvalue weighted by Crippen LogP contribution is 2.37. The number of nitriles is 1. The zero-order valence-electron chi connectivity index (χ0n) is 25.7. The second-order valence-corrected chi connectivity index (χ2v) is 10.7. The average Bonchev–Trinajstić information content (AvgIpc) is 3.11. The predicted octanol–water partition coefficient (Wildman–Crippen LogP) is 7.11. The number of nitrogens with one attached hydrogen (secondary N) is 2. The number of fused-ring (bicyclic) bond motifs is 2. The Morgan fingerprint density at radius 2 is 1.75 bits per heavy atom. The number of aromatic carboxylic acids is 1. The van der Waals surface area contributed by atoms with Gasteiger partial charge < -0.3 is 25.2 Å². The number of carbonyl (C=O) groups is 2. The maximum absolute atomic E-state index is 14.5. The summed E-state index contributed by atoms with van der Waals surface area (Å²) < 4.78 is 26.2. The van der Waals surface area contributed by atoms with Gasteiger partial charge in [-0.15, -0.1) is 0 Å². The lowest BCUT2D eigenvalue weighted by Crippen LogP contribution is -2.27. The van der Waals surface area contributed by atoms with E-state index in [1.54, 1.807) is 49.7 Å². The molecular formula is C37H28FN5O5. The van der Waals surface area contributed by atoms with E-state index in [0.29, 0.717) is 34.5 Å². The Balaban J connectivity index is 1.19. The Hall–Kier alpha value is -6.54. The average molecular weight is 642 g/mol. The van der Waals surface area contributed by atoms with Crippen LogP contribution in [0.5, 0.6) is 11.5 Å². The maximum Gasteiger partial charge on any atom is 0.336 e. The number of pyridine rings is 2. The third-order valence-corrected chi connectivity index (χ3v) is 7.65. The van der Waals surface area contributed by atoms with Crippen molar-refractivity contribution in [1.82, 2.24) is 15.3 Å². The molecule has 0 aliphatic heterocycles. The molecule has 0 atom stereocenters. The molecule has 4 aromatic carbocycles. The minimum atomic E-state index is -1.17. The quantitative estimate of drug-likeness (QED) is 0.126. The summed E-state index contributed by atoms with van der Waals surface area (Å²) in [4.78, 5) is 32.6. The summed E-state index contributed by atoms with van der Waals surface area (Å²) in [6, 6.07) is 27.5. The molecule has 0 radical (unpaired) electrons. The lowest BCUT2D eigenvalue weighted by Gasteiger charge is -2.15. The molecule has 2 heterocycles. The Morgan fingerprint density at radius 1 is 0.938 bits per heavy atom. The van der Waals surface area contributed by atoms with E-state index in [1.807, 2.05) is 42.5 Å². The number of amides is 1. The zero-order valence-corrected chi connectivity index (χ0v) is 25.7. The summed E-state index contributed by atoms with van der Waals surface area (Å²) in [6.45, 7) is 0.536. The van der Waals surface area contributed by atoms with Crippen molar-refractivity contribution < 1.29 is 28.6 Å². The van der Waals surface area contributed by atoms with E-state index in [-0.39, 0.29) is 35.5 Å². The van der Waals surface area contributed by atoms with Gasteiger partial charge in [0.2, 0.25) is 0 Å². The molecule has 10 nitrogen and oxygen atoms in total. The van der Waals surface area contributed by atoms with Crippen LogP contribution in [0.15, 0.2) is 97.2 Å². The van der Waals surface area contributed by atoms with E-state index in [0.717, 1.165) is 22.2 Å². The molecule has 0 bridgehead atoms. The Labute approximate surface area is 274 Å². The van der Waals surface area contributed by atoms with Crippen LogP contribution in [-0.4, -0.2) is 47.2 Å². The number of methoxy groups -OCH3 is 1. The van der Waals surface area contributed by atoms with Crippen LogP contribution in [-0.2, 0) is 0 Å². The molecule has 6 aromatic rings. The van der Waals surface area contributed by atoms with Gasteiger partial charge in [-0.3, -0.25) is 9.78 Å². The van der Waals surface area contributed by atoms with Crippen molar-refractivity contribution in [3.05, 3.63) is 120 Å². The van der Waals surface area contributed by atoms with E-state index in [2.05, 4.69) is 20.6 Å². The third-order valence-electron chi connectivity index (χ3n) is 7.65. The molecular weight excluding hydrogens is 613 g/mol. The van der Waals surface area contributed by atoms with Gasteiger partial charge in [-0.25, -0.2) is 14.2 Å². The molecule has 0 aliphatic rings. The van der Waals surface area contributed by atoms with Crippen LogP contribution in [0.2, 0.25) is 0 Å². The molecule has 0 spiro atoms. The van der Waals surface area contributed by atoms with Gasteiger partial charge in [-0.05, 0) is 66.1 Å². The number of hydrogen-bond donors (Lipinski definition) is 3. The number of nitrogens with zero attached hydrogens (tertiary/aromatic N) is 3. The Morgan fingerprint density at radius 3 is 2.54 bits per heavy atom. The number of carbonyl (C=O) groups excluding carboxylic acids is 1. The van der Waals surface area contributed by atoms with Crippen molar-refractivity contribution in [2.45, 2.75) is 6.42 Å². The van der Waals surface area contributed by atoms with Gasteiger partial charge in [-0.1, -0.05) is 36.4 Å². The molecule has 0 unspecified atom stereocenters. The number of hydrogen-bond acceptors (Lipinski definition) is 8. The standard InChI is InChI=1S/C37H28FN5O5/c1-47-33-19-29-25(22-7-4-8-23(17-22)42-32-18-24(21-39)43-35-28(32)11-5-12-30(35)38)13-15-40-31(29)20-34(33)48-16-6-14-41-36(44)26-9-2-3-10-27(26)37(45)46/h2-5,7-13,15,17-20H,6,14,16H2,1H3,(H,41,44)(H,42,43)(H,45,46). The van der Waals surface area contributed by atoms with Crippen LogP contribution in [0.4, 0.5) is 15.8 Å². The van der Waals surface area contributed by atoms with E-state index in [4.69, 9.17) is 9.47 Å². The van der Waals surface area contributed by atoms with E-state index in [9.17, 15) is 24.3 Å². The summed E-state index contributed by atoms with van der Waals surface area (Å²) in [5, 5.41) is 26.2. The molecule has 1 amide bonds. The number of rotatable bonds is 11. The van der Waals surface area contributed by atoms with Gasteiger partial charge in [-0.2, -0.15) is 5.26 Å². The minimum Gasteiger partial charge on any atom is -0.493 e. The lowest BCUT2D eigenvalue weighted by molar-refractivity contribution is 0.0691. The van der Waals surface area contributed by atoms with E-state index in [1.165, 1.54) is 18.2 Å². The Bertz CT molecular complexity index is 2230. The predicted molar refractivity (Wildman–Crippen MR) is 179 cm³/mol. The van der Waals surface area contributed by atoms with Crippen molar-refractivity contribution in [3.8, 4) is 28.7 Å². The highest BCUT2D eigenvalue weighted by molar-refractivity contribution is 6.04. The first-order valence-electron chi connectivity index (χ1n) is 14.9. The van der Waals surface area contributed by atoms with Crippen LogP contribution in [0.3, 0.4) is 0 Å². The van der Waals surface area contributed by atoms with Crippen molar-refractivity contribution in [1.29, 1.82) is 5.26 Å². The van der Waals surface area contributed by atoms with Crippen LogP contribution >= 0.6 is 0 Å². The van der Waals surface area contributed by atoms with Crippen molar-refractivity contribution in [3.63, 3.8) is 0 Å². The second kappa shape index (κ2) is 13.8. The van der Waals surface area contributed by atoms with Crippen molar-refractivity contribution >= 4 is 45.1 Å². The highest BCUT2D eigenvalue weighted by atomic mass is 19.1.